The highest BCUT2D eigenvalue weighted by atomic mass is 35.5. The van der Waals surface area contributed by atoms with Gasteiger partial charge < -0.3 is 0 Å². The molecule has 1 fully saturated rings. The van der Waals surface area contributed by atoms with Crippen LogP contribution in [0.3, 0.4) is 0 Å². The van der Waals surface area contributed by atoms with E-state index in [2.05, 4.69) is 4.98 Å². The molecule has 5 nitrogen and oxygen atoms in total. The van der Waals surface area contributed by atoms with E-state index >= 15 is 0 Å². The summed E-state index contributed by atoms with van der Waals surface area (Å²) in [7, 11) is -2.99. The van der Waals surface area contributed by atoms with Gasteiger partial charge in [0.05, 0.1) is 5.75 Å². The van der Waals surface area contributed by atoms with E-state index in [0.717, 1.165) is 12.8 Å². The third kappa shape index (κ3) is 3.55. The van der Waals surface area contributed by atoms with Crippen LogP contribution in [0.4, 0.5) is 0 Å². The Kier molecular flexibility index (Phi) is 3.77. The predicted molar refractivity (Wildman–Crippen MR) is 69.8 cm³/mol. The lowest BCUT2D eigenvalue weighted by atomic mass is 10.3. The molecular formula is C11H15ClN2O3S. The highest BCUT2D eigenvalue weighted by molar-refractivity contribution is 7.90. The molecule has 0 bridgehead atoms. The zero-order chi connectivity index (χ0) is 13.3. The van der Waals surface area contributed by atoms with Crippen LogP contribution in [0, 0.1) is 0 Å². The van der Waals surface area contributed by atoms with Gasteiger partial charge in [0.25, 0.3) is 5.56 Å². The molecule has 0 N–H and O–H groups in total. The maximum absolute atomic E-state index is 11.8. The zero-order valence-corrected chi connectivity index (χ0v) is 11.7. The van der Waals surface area contributed by atoms with E-state index in [0.29, 0.717) is 24.7 Å². The number of hydrogen-bond acceptors (Lipinski definition) is 4. The van der Waals surface area contributed by atoms with Crippen molar-refractivity contribution in [3.05, 3.63) is 27.4 Å². The first-order valence-electron chi connectivity index (χ1n) is 5.82. The molecule has 0 aliphatic heterocycles. The van der Waals surface area contributed by atoms with Crippen LogP contribution < -0.4 is 5.56 Å². The molecule has 0 atom stereocenters. The van der Waals surface area contributed by atoms with E-state index in [-0.39, 0.29) is 16.5 Å². The summed E-state index contributed by atoms with van der Waals surface area (Å²) in [5, 5.41) is 0.210. The van der Waals surface area contributed by atoms with Crippen molar-refractivity contribution in [1.82, 2.24) is 9.55 Å². The summed E-state index contributed by atoms with van der Waals surface area (Å²) in [4.78, 5) is 16.0. The average Bonchev–Trinajstić information content (AvgIpc) is 3.02. The summed E-state index contributed by atoms with van der Waals surface area (Å²) >= 11 is 5.78. The second-order valence-electron chi connectivity index (χ2n) is 4.68. The summed E-state index contributed by atoms with van der Waals surface area (Å²) in [6, 6.07) is 1.27. The van der Waals surface area contributed by atoms with Crippen LogP contribution in [-0.4, -0.2) is 30.0 Å². The molecule has 0 radical (unpaired) electrons. The number of aromatic nitrogens is 2. The molecule has 1 aromatic rings. The fourth-order valence-electron chi connectivity index (χ4n) is 1.86. The topological polar surface area (TPSA) is 69.0 Å². The van der Waals surface area contributed by atoms with Gasteiger partial charge in [0.2, 0.25) is 0 Å². The second-order valence-corrected chi connectivity index (χ2v) is 7.33. The van der Waals surface area contributed by atoms with Crippen LogP contribution in [0.2, 0.25) is 5.15 Å². The van der Waals surface area contributed by atoms with Gasteiger partial charge in [0.1, 0.15) is 20.8 Å². The Hall–Kier alpha value is -0.880. The minimum absolute atomic E-state index is 0.0756. The van der Waals surface area contributed by atoms with Crippen molar-refractivity contribution in [2.45, 2.75) is 31.7 Å². The Bertz CT molecular complexity index is 605. The Morgan fingerprint density at radius 1 is 1.50 bits per heavy atom. The quantitative estimate of drug-likeness (QED) is 0.764. The first-order chi connectivity index (χ1) is 8.37. The fraction of sp³-hybridized carbons (Fsp3) is 0.636. The minimum Gasteiger partial charge on any atom is -0.296 e. The molecule has 2 rings (SSSR count). The van der Waals surface area contributed by atoms with Gasteiger partial charge in [-0.2, -0.15) is 0 Å². The van der Waals surface area contributed by atoms with Gasteiger partial charge in [-0.1, -0.05) is 11.6 Å². The van der Waals surface area contributed by atoms with Crippen molar-refractivity contribution >= 4 is 21.4 Å². The molecule has 0 saturated heterocycles. The average molecular weight is 291 g/mol. The lowest BCUT2D eigenvalue weighted by Gasteiger charge is -2.11. The molecule has 18 heavy (non-hydrogen) atoms. The molecule has 7 heteroatoms. The van der Waals surface area contributed by atoms with Crippen LogP contribution in [0.15, 0.2) is 10.9 Å². The normalized spacial score (nSPS) is 15.9. The van der Waals surface area contributed by atoms with Crippen molar-refractivity contribution in [1.29, 1.82) is 0 Å². The Balaban J connectivity index is 2.18. The molecule has 1 saturated carbocycles. The number of nitrogens with zero attached hydrogens (tertiary/aromatic N) is 2. The first-order valence-corrected chi connectivity index (χ1v) is 8.26. The molecule has 1 aliphatic rings. The summed E-state index contributed by atoms with van der Waals surface area (Å²) in [5.74, 6) is 1.07. The summed E-state index contributed by atoms with van der Waals surface area (Å²) < 4.78 is 23.7. The van der Waals surface area contributed by atoms with Crippen LogP contribution in [-0.2, 0) is 16.4 Å². The summed E-state index contributed by atoms with van der Waals surface area (Å²) in [6.07, 6.45) is 3.64. The van der Waals surface area contributed by atoms with Crippen LogP contribution in [0.1, 0.15) is 31.0 Å². The zero-order valence-electron chi connectivity index (χ0n) is 10.1. The highest BCUT2D eigenvalue weighted by Crippen LogP contribution is 2.38. The van der Waals surface area contributed by atoms with Gasteiger partial charge in [0.15, 0.2) is 0 Å². The van der Waals surface area contributed by atoms with Crippen molar-refractivity contribution in [2.24, 2.45) is 0 Å². The first kappa shape index (κ1) is 13.5. The lowest BCUT2D eigenvalue weighted by Crippen LogP contribution is -2.25. The SMILES string of the molecule is CS(=O)(=O)CCCn1c(C2CC2)nc(Cl)cc1=O. The van der Waals surface area contributed by atoms with E-state index in [1.807, 2.05) is 0 Å². The van der Waals surface area contributed by atoms with Crippen LogP contribution in [0.25, 0.3) is 0 Å². The Morgan fingerprint density at radius 2 is 2.17 bits per heavy atom. The summed E-state index contributed by atoms with van der Waals surface area (Å²) in [6.45, 7) is 0.377. The smallest absolute Gasteiger partial charge is 0.254 e. The predicted octanol–water partition coefficient (Wildman–Crippen LogP) is 1.21. The molecule has 0 spiro atoms. The number of sulfone groups is 1. The second kappa shape index (κ2) is 5.01. The maximum atomic E-state index is 11.8. The molecule has 1 aliphatic carbocycles. The molecule has 0 unspecified atom stereocenters. The molecule has 1 heterocycles. The number of hydrogen-bond donors (Lipinski definition) is 0. The van der Waals surface area contributed by atoms with Gasteiger partial charge in [-0.25, -0.2) is 13.4 Å². The molecule has 0 aromatic carbocycles. The Labute approximate surface area is 111 Å². The van der Waals surface area contributed by atoms with Crippen molar-refractivity contribution in [2.75, 3.05) is 12.0 Å². The van der Waals surface area contributed by atoms with Gasteiger partial charge in [-0.3, -0.25) is 9.36 Å². The standard InChI is InChI=1S/C11H15ClN2O3S/c1-18(16,17)6-2-5-14-10(15)7-9(12)13-11(14)8-3-4-8/h7-8H,2-6H2,1H3. The van der Waals surface area contributed by atoms with Crippen LogP contribution in [0.5, 0.6) is 0 Å². The van der Waals surface area contributed by atoms with Crippen molar-refractivity contribution < 1.29 is 8.42 Å². The van der Waals surface area contributed by atoms with Gasteiger partial charge in [-0.05, 0) is 19.3 Å². The van der Waals surface area contributed by atoms with Gasteiger partial charge in [-0.15, -0.1) is 0 Å². The van der Waals surface area contributed by atoms with E-state index in [9.17, 15) is 13.2 Å². The molecular weight excluding hydrogens is 276 g/mol. The Morgan fingerprint density at radius 3 is 2.72 bits per heavy atom. The third-order valence-corrected chi connectivity index (χ3v) is 4.07. The van der Waals surface area contributed by atoms with Crippen molar-refractivity contribution in [3.63, 3.8) is 0 Å². The van der Waals surface area contributed by atoms with E-state index in [4.69, 9.17) is 11.6 Å². The highest BCUT2D eigenvalue weighted by Gasteiger charge is 2.28. The van der Waals surface area contributed by atoms with Crippen molar-refractivity contribution in [3.8, 4) is 0 Å². The summed E-state index contributed by atoms with van der Waals surface area (Å²) in [5.41, 5.74) is -0.203. The fourth-order valence-corrected chi connectivity index (χ4v) is 2.69. The van der Waals surface area contributed by atoms with E-state index in [1.54, 1.807) is 4.57 Å². The number of halogens is 1. The van der Waals surface area contributed by atoms with Crippen LogP contribution >= 0.6 is 11.6 Å². The number of rotatable bonds is 5. The monoisotopic (exact) mass is 290 g/mol. The molecule has 0 amide bonds. The van der Waals surface area contributed by atoms with Gasteiger partial charge >= 0.3 is 0 Å². The maximum Gasteiger partial charge on any atom is 0.254 e. The third-order valence-electron chi connectivity index (χ3n) is 2.85. The van der Waals surface area contributed by atoms with E-state index in [1.165, 1.54) is 12.3 Å². The largest absolute Gasteiger partial charge is 0.296 e. The van der Waals surface area contributed by atoms with E-state index < -0.39 is 9.84 Å². The lowest BCUT2D eigenvalue weighted by molar-refractivity contribution is 0.575. The molecule has 100 valence electrons. The van der Waals surface area contributed by atoms with Gasteiger partial charge in [0, 0.05) is 24.8 Å². The minimum atomic E-state index is -2.99. The molecule has 1 aromatic heterocycles.